The van der Waals surface area contributed by atoms with Crippen LogP contribution >= 0.6 is 12.4 Å². The predicted molar refractivity (Wildman–Crippen MR) is 155 cm³/mol. The summed E-state index contributed by atoms with van der Waals surface area (Å²) in [6, 6.07) is 26.0. The molecule has 1 fully saturated rings. The van der Waals surface area contributed by atoms with Gasteiger partial charge in [-0.25, -0.2) is 0 Å². The van der Waals surface area contributed by atoms with Crippen LogP contribution in [0.3, 0.4) is 0 Å². The van der Waals surface area contributed by atoms with Gasteiger partial charge in [-0.15, -0.1) is 12.4 Å². The molecule has 4 rings (SSSR count). The van der Waals surface area contributed by atoms with Gasteiger partial charge >= 0.3 is 0 Å². The van der Waals surface area contributed by atoms with E-state index in [9.17, 15) is 4.79 Å². The van der Waals surface area contributed by atoms with Crippen LogP contribution in [0.25, 0.3) is 0 Å². The highest BCUT2D eigenvalue weighted by Crippen LogP contribution is 2.18. The summed E-state index contributed by atoms with van der Waals surface area (Å²) in [6.07, 6.45) is 7.64. The second-order valence-corrected chi connectivity index (χ2v) is 10.0. The molecule has 37 heavy (non-hydrogen) atoms. The molecule has 0 radical (unpaired) electrons. The van der Waals surface area contributed by atoms with Crippen molar-refractivity contribution in [2.75, 3.05) is 33.3 Å². The number of nitrogens with zero attached hydrogens (tertiary/aromatic N) is 2. The lowest BCUT2D eigenvalue weighted by Crippen LogP contribution is -2.30. The first-order chi connectivity index (χ1) is 17.7. The maximum atomic E-state index is 12.9. The first-order valence-corrected chi connectivity index (χ1v) is 13.5. The Balaban J connectivity index is 0.00000380. The lowest BCUT2D eigenvalue weighted by Gasteiger charge is -2.26. The topological polar surface area (TPSA) is 32.8 Å². The van der Waals surface area contributed by atoms with Gasteiger partial charge in [0, 0.05) is 24.2 Å². The van der Waals surface area contributed by atoms with Crippen LogP contribution in [-0.2, 0) is 13.1 Å². The van der Waals surface area contributed by atoms with Gasteiger partial charge in [-0.05, 0) is 94.2 Å². The third-order valence-corrected chi connectivity index (χ3v) is 6.92. The zero-order chi connectivity index (χ0) is 25.0. The van der Waals surface area contributed by atoms with Crippen molar-refractivity contribution in [3.05, 3.63) is 101 Å². The molecular formula is C32H41ClN2O2. The van der Waals surface area contributed by atoms with Crippen LogP contribution in [-0.4, -0.2) is 48.9 Å². The van der Waals surface area contributed by atoms with Crippen LogP contribution in [0.2, 0.25) is 0 Å². The maximum absolute atomic E-state index is 12.9. The number of ketones is 1. The summed E-state index contributed by atoms with van der Waals surface area (Å²) < 4.78 is 5.90. The zero-order valence-electron chi connectivity index (χ0n) is 22.1. The van der Waals surface area contributed by atoms with E-state index >= 15 is 0 Å². The van der Waals surface area contributed by atoms with Crippen LogP contribution in [0.15, 0.2) is 78.9 Å². The minimum absolute atomic E-state index is 0. The average molecular weight is 521 g/mol. The highest BCUT2D eigenvalue weighted by atomic mass is 35.5. The molecule has 0 aliphatic carbocycles. The van der Waals surface area contributed by atoms with Gasteiger partial charge in [0.05, 0.1) is 6.61 Å². The van der Waals surface area contributed by atoms with Gasteiger partial charge < -0.3 is 9.64 Å². The number of hydrogen-bond acceptors (Lipinski definition) is 4. The number of rotatable bonds is 13. The summed E-state index contributed by atoms with van der Waals surface area (Å²) in [5.41, 5.74) is 3.90. The monoisotopic (exact) mass is 520 g/mol. The van der Waals surface area contributed by atoms with Crippen LogP contribution in [0, 0.1) is 0 Å². The van der Waals surface area contributed by atoms with Gasteiger partial charge in [0.1, 0.15) is 5.75 Å². The van der Waals surface area contributed by atoms with Crippen molar-refractivity contribution in [1.29, 1.82) is 0 Å². The number of halogens is 1. The second kappa shape index (κ2) is 15.6. The van der Waals surface area contributed by atoms with Crippen molar-refractivity contribution >= 4 is 18.2 Å². The van der Waals surface area contributed by atoms with Gasteiger partial charge in [-0.1, -0.05) is 61.0 Å². The third kappa shape index (κ3) is 9.62. The van der Waals surface area contributed by atoms with Crippen LogP contribution < -0.4 is 4.74 Å². The molecule has 0 saturated carbocycles. The molecule has 198 valence electrons. The molecule has 0 aromatic heterocycles. The quantitative estimate of drug-likeness (QED) is 0.179. The molecule has 0 atom stereocenters. The largest absolute Gasteiger partial charge is 0.494 e. The molecule has 0 spiro atoms. The van der Waals surface area contributed by atoms with Gasteiger partial charge in [0.25, 0.3) is 0 Å². The van der Waals surface area contributed by atoms with Crippen molar-refractivity contribution in [3.8, 4) is 5.75 Å². The molecule has 0 unspecified atom stereocenters. The Morgan fingerprint density at radius 2 is 1.35 bits per heavy atom. The maximum Gasteiger partial charge on any atom is 0.193 e. The predicted octanol–water partition coefficient (Wildman–Crippen LogP) is 7.01. The number of carbonyl (C=O) groups is 1. The van der Waals surface area contributed by atoms with Gasteiger partial charge in [0.2, 0.25) is 0 Å². The highest BCUT2D eigenvalue weighted by Gasteiger charge is 2.11. The molecule has 5 heteroatoms. The Hall–Kier alpha value is -2.66. The van der Waals surface area contributed by atoms with Crippen molar-refractivity contribution in [3.63, 3.8) is 0 Å². The van der Waals surface area contributed by atoms with Gasteiger partial charge in [-0.2, -0.15) is 0 Å². The second-order valence-electron chi connectivity index (χ2n) is 10.0. The molecule has 0 amide bonds. The number of unbranched alkanes of at least 4 members (excludes halogenated alkanes) is 2. The average Bonchev–Trinajstić information content (AvgIpc) is 2.92. The molecule has 1 heterocycles. The summed E-state index contributed by atoms with van der Waals surface area (Å²) in [6.45, 7) is 6.24. The van der Waals surface area contributed by atoms with Crippen molar-refractivity contribution in [1.82, 2.24) is 9.80 Å². The van der Waals surface area contributed by atoms with Crippen LogP contribution in [0.4, 0.5) is 0 Å². The van der Waals surface area contributed by atoms with Crippen LogP contribution in [0.1, 0.15) is 65.6 Å². The minimum Gasteiger partial charge on any atom is -0.494 e. The van der Waals surface area contributed by atoms with E-state index in [-0.39, 0.29) is 18.2 Å². The number of benzene rings is 3. The van der Waals surface area contributed by atoms with Crippen molar-refractivity contribution in [2.24, 2.45) is 0 Å². The summed E-state index contributed by atoms with van der Waals surface area (Å²) in [5, 5.41) is 0. The number of carbonyl (C=O) groups excluding carboxylic acids is 1. The molecule has 0 bridgehead atoms. The number of ether oxygens (including phenoxy) is 1. The molecule has 0 N–H and O–H groups in total. The Morgan fingerprint density at radius 1 is 0.757 bits per heavy atom. The molecule has 4 nitrogen and oxygen atoms in total. The smallest absolute Gasteiger partial charge is 0.193 e. The molecule has 3 aromatic carbocycles. The van der Waals surface area contributed by atoms with E-state index in [2.05, 4.69) is 53.2 Å². The lowest BCUT2D eigenvalue weighted by atomic mass is 10.0. The van der Waals surface area contributed by atoms with E-state index in [4.69, 9.17) is 4.74 Å². The highest BCUT2D eigenvalue weighted by molar-refractivity contribution is 6.09. The fourth-order valence-electron chi connectivity index (χ4n) is 4.88. The number of likely N-dealkylation sites (tertiary alicyclic amines) is 1. The summed E-state index contributed by atoms with van der Waals surface area (Å²) in [7, 11) is 2.12. The van der Waals surface area contributed by atoms with Crippen molar-refractivity contribution < 1.29 is 9.53 Å². The van der Waals surface area contributed by atoms with E-state index in [1.165, 1.54) is 62.9 Å². The third-order valence-electron chi connectivity index (χ3n) is 6.92. The SMILES string of the molecule is CN(Cc1ccccc1)Cc1ccc(C(=O)c2ccc(OCCCCCN3CCCCC3)cc2)cc1.Cl. The normalized spacial score (nSPS) is 13.8. The molecule has 1 aliphatic heterocycles. The number of hydrogen-bond donors (Lipinski definition) is 0. The standard InChI is InChI=1S/C32H40N2O2.ClH/c1-33(25-27-11-5-2-6-12-27)26-28-13-15-29(16-14-28)32(35)30-17-19-31(20-18-30)36-24-10-4-9-23-34-21-7-3-8-22-34;/h2,5-6,11-20H,3-4,7-10,21-26H2,1H3;1H. The first kappa shape index (κ1) is 28.9. The number of piperidine rings is 1. The van der Waals surface area contributed by atoms with E-state index in [1.54, 1.807) is 0 Å². The summed E-state index contributed by atoms with van der Waals surface area (Å²) in [4.78, 5) is 17.8. The first-order valence-electron chi connectivity index (χ1n) is 13.5. The van der Waals surface area contributed by atoms with E-state index in [0.717, 1.165) is 31.9 Å². The Kier molecular flexibility index (Phi) is 12.2. The lowest BCUT2D eigenvalue weighted by molar-refractivity contribution is 0.103. The van der Waals surface area contributed by atoms with E-state index in [0.29, 0.717) is 11.1 Å². The van der Waals surface area contributed by atoms with Crippen LogP contribution in [0.5, 0.6) is 5.75 Å². The Morgan fingerprint density at radius 3 is 2.00 bits per heavy atom. The van der Waals surface area contributed by atoms with E-state index in [1.807, 2.05) is 42.5 Å². The molecule has 3 aromatic rings. The zero-order valence-corrected chi connectivity index (χ0v) is 22.9. The van der Waals surface area contributed by atoms with Gasteiger partial charge in [-0.3, -0.25) is 9.69 Å². The molecule has 1 aliphatic rings. The fraction of sp³-hybridized carbons (Fsp3) is 0.406. The molecular weight excluding hydrogens is 480 g/mol. The summed E-state index contributed by atoms with van der Waals surface area (Å²) >= 11 is 0. The Bertz CT molecular complexity index is 1050. The summed E-state index contributed by atoms with van der Waals surface area (Å²) in [5.74, 6) is 0.878. The fourth-order valence-corrected chi connectivity index (χ4v) is 4.88. The van der Waals surface area contributed by atoms with Crippen molar-refractivity contribution in [2.45, 2.75) is 51.6 Å². The molecule has 1 saturated heterocycles. The van der Waals surface area contributed by atoms with E-state index < -0.39 is 0 Å². The van der Waals surface area contributed by atoms with Gasteiger partial charge in [0.15, 0.2) is 5.78 Å². The minimum atomic E-state index is 0. The Labute approximate surface area is 229 Å².